The molecule has 19 heavy (non-hydrogen) atoms. The van der Waals surface area contributed by atoms with Crippen LogP contribution < -0.4 is 5.32 Å². The van der Waals surface area contributed by atoms with Crippen LogP contribution in [0.15, 0.2) is 18.2 Å². The minimum atomic E-state index is -0.275. The Balaban J connectivity index is 2.85. The molecule has 0 aromatic heterocycles. The van der Waals surface area contributed by atoms with E-state index in [1.807, 2.05) is 12.1 Å². The van der Waals surface area contributed by atoms with Crippen LogP contribution in [-0.2, 0) is 6.42 Å². The molecule has 0 bridgehead atoms. The van der Waals surface area contributed by atoms with Crippen LogP contribution in [0.4, 0.5) is 4.39 Å². The highest BCUT2D eigenvalue weighted by atomic mass is 35.5. The van der Waals surface area contributed by atoms with Gasteiger partial charge < -0.3 is 5.32 Å². The summed E-state index contributed by atoms with van der Waals surface area (Å²) in [4.78, 5) is 0. The average molecular weight is 286 g/mol. The van der Waals surface area contributed by atoms with Gasteiger partial charge in [0.1, 0.15) is 5.82 Å². The minimum Gasteiger partial charge on any atom is -0.314 e. The number of halogens is 2. The third kappa shape index (κ3) is 5.12. The Morgan fingerprint density at radius 2 is 1.89 bits per heavy atom. The maximum atomic E-state index is 14.0. The zero-order chi connectivity index (χ0) is 14.6. The Bertz CT molecular complexity index is 410. The molecule has 0 amide bonds. The quantitative estimate of drug-likeness (QED) is 0.828. The van der Waals surface area contributed by atoms with Gasteiger partial charge >= 0.3 is 0 Å². The molecule has 0 aliphatic heterocycles. The summed E-state index contributed by atoms with van der Waals surface area (Å²) in [6.45, 7) is 11.7. The SMILES string of the molecule is CC(C)NCC(Cc1cccc(Cl)c1F)C(C)(C)C. The maximum absolute atomic E-state index is 14.0. The summed E-state index contributed by atoms with van der Waals surface area (Å²) in [5, 5.41) is 3.66. The molecule has 1 aromatic rings. The van der Waals surface area contributed by atoms with Gasteiger partial charge in [0.25, 0.3) is 0 Å². The molecule has 0 saturated heterocycles. The molecule has 3 heteroatoms. The van der Waals surface area contributed by atoms with E-state index in [2.05, 4.69) is 39.9 Å². The number of hydrogen-bond donors (Lipinski definition) is 1. The van der Waals surface area contributed by atoms with Crippen molar-refractivity contribution in [3.8, 4) is 0 Å². The van der Waals surface area contributed by atoms with Crippen molar-refractivity contribution in [2.45, 2.75) is 47.1 Å². The smallest absolute Gasteiger partial charge is 0.144 e. The van der Waals surface area contributed by atoms with Crippen molar-refractivity contribution in [2.75, 3.05) is 6.54 Å². The first-order valence-electron chi connectivity index (χ1n) is 6.88. The Kier molecular flexibility index (Phi) is 5.82. The number of benzene rings is 1. The summed E-state index contributed by atoms with van der Waals surface area (Å²) in [7, 11) is 0. The summed E-state index contributed by atoms with van der Waals surface area (Å²) in [6.07, 6.45) is 0.704. The van der Waals surface area contributed by atoms with Gasteiger partial charge in [0, 0.05) is 6.04 Å². The maximum Gasteiger partial charge on any atom is 0.144 e. The molecule has 1 nitrogen and oxygen atoms in total. The molecule has 0 heterocycles. The molecule has 0 fully saturated rings. The van der Waals surface area contributed by atoms with Gasteiger partial charge in [-0.15, -0.1) is 0 Å². The fraction of sp³-hybridized carbons (Fsp3) is 0.625. The molecule has 1 aromatic carbocycles. The monoisotopic (exact) mass is 285 g/mol. The number of rotatable bonds is 5. The van der Waals surface area contributed by atoms with E-state index in [-0.39, 0.29) is 16.3 Å². The van der Waals surface area contributed by atoms with Crippen LogP contribution in [0.25, 0.3) is 0 Å². The highest BCUT2D eigenvalue weighted by molar-refractivity contribution is 6.30. The third-order valence-electron chi connectivity index (χ3n) is 3.50. The van der Waals surface area contributed by atoms with E-state index in [1.54, 1.807) is 6.07 Å². The standard InChI is InChI=1S/C16H25ClFN/c1-11(2)19-10-13(16(3,4)5)9-12-7-6-8-14(17)15(12)18/h6-8,11,13,19H,9-10H2,1-5H3. The molecular formula is C16H25ClFN. The zero-order valence-electron chi connectivity index (χ0n) is 12.6. The lowest BCUT2D eigenvalue weighted by atomic mass is 9.77. The molecule has 1 unspecified atom stereocenters. The summed E-state index contributed by atoms with van der Waals surface area (Å²) < 4.78 is 14.0. The Morgan fingerprint density at radius 3 is 2.42 bits per heavy atom. The molecular weight excluding hydrogens is 261 g/mol. The van der Waals surface area contributed by atoms with Crippen LogP contribution in [0, 0.1) is 17.2 Å². The van der Waals surface area contributed by atoms with Crippen molar-refractivity contribution in [1.29, 1.82) is 0 Å². The van der Waals surface area contributed by atoms with E-state index in [0.717, 1.165) is 6.54 Å². The predicted octanol–water partition coefficient (Wildman–Crippen LogP) is 4.68. The molecule has 0 spiro atoms. The van der Waals surface area contributed by atoms with Crippen LogP contribution in [0.2, 0.25) is 5.02 Å². The summed E-state index contributed by atoms with van der Waals surface area (Å²) in [5.74, 6) is 0.0887. The van der Waals surface area contributed by atoms with Gasteiger partial charge in [-0.1, -0.05) is 58.4 Å². The molecule has 1 atom stereocenters. The molecule has 0 saturated carbocycles. The number of hydrogen-bond acceptors (Lipinski definition) is 1. The molecule has 0 aliphatic carbocycles. The van der Waals surface area contributed by atoms with Crippen LogP contribution in [-0.4, -0.2) is 12.6 Å². The zero-order valence-corrected chi connectivity index (χ0v) is 13.3. The van der Waals surface area contributed by atoms with E-state index in [0.29, 0.717) is 23.9 Å². The van der Waals surface area contributed by atoms with Crippen LogP contribution in [0.1, 0.15) is 40.2 Å². The fourth-order valence-corrected chi connectivity index (χ4v) is 2.23. The largest absolute Gasteiger partial charge is 0.314 e. The lowest BCUT2D eigenvalue weighted by molar-refractivity contribution is 0.225. The second-order valence-electron chi connectivity index (χ2n) is 6.54. The summed E-state index contributed by atoms with van der Waals surface area (Å²) in [5.41, 5.74) is 0.828. The summed E-state index contributed by atoms with van der Waals surface area (Å²) in [6, 6.07) is 5.68. The third-order valence-corrected chi connectivity index (χ3v) is 3.79. The first-order chi connectivity index (χ1) is 8.71. The average Bonchev–Trinajstić information content (AvgIpc) is 2.27. The summed E-state index contributed by atoms with van der Waals surface area (Å²) >= 11 is 5.85. The van der Waals surface area contributed by atoms with Gasteiger partial charge in [0.15, 0.2) is 0 Å². The molecule has 1 N–H and O–H groups in total. The highest BCUT2D eigenvalue weighted by Gasteiger charge is 2.26. The van der Waals surface area contributed by atoms with Crippen molar-refractivity contribution in [3.05, 3.63) is 34.6 Å². The Labute approximate surface area is 121 Å². The van der Waals surface area contributed by atoms with E-state index in [9.17, 15) is 4.39 Å². The molecule has 108 valence electrons. The van der Waals surface area contributed by atoms with Gasteiger partial charge in [0.05, 0.1) is 5.02 Å². The molecule has 0 radical (unpaired) electrons. The van der Waals surface area contributed by atoms with Crippen LogP contribution in [0.3, 0.4) is 0 Å². The van der Waals surface area contributed by atoms with Crippen molar-refractivity contribution in [2.24, 2.45) is 11.3 Å². The van der Waals surface area contributed by atoms with E-state index in [4.69, 9.17) is 11.6 Å². The Morgan fingerprint density at radius 1 is 1.26 bits per heavy atom. The predicted molar refractivity (Wildman–Crippen MR) is 81.2 cm³/mol. The number of nitrogens with one attached hydrogen (secondary N) is 1. The topological polar surface area (TPSA) is 12.0 Å². The van der Waals surface area contributed by atoms with Gasteiger partial charge in [-0.25, -0.2) is 4.39 Å². The fourth-order valence-electron chi connectivity index (χ4n) is 2.03. The lowest BCUT2D eigenvalue weighted by Crippen LogP contribution is -2.36. The second-order valence-corrected chi connectivity index (χ2v) is 6.95. The second kappa shape index (κ2) is 6.71. The van der Waals surface area contributed by atoms with E-state index in [1.165, 1.54) is 0 Å². The Hall–Kier alpha value is -0.600. The molecule has 1 rings (SSSR count). The van der Waals surface area contributed by atoms with E-state index < -0.39 is 0 Å². The first kappa shape index (κ1) is 16.5. The van der Waals surface area contributed by atoms with Crippen molar-refractivity contribution < 1.29 is 4.39 Å². The van der Waals surface area contributed by atoms with Crippen LogP contribution >= 0.6 is 11.6 Å². The lowest BCUT2D eigenvalue weighted by Gasteiger charge is -2.32. The van der Waals surface area contributed by atoms with Crippen LogP contribution in [0.5, 0.6) is 0 Å². The first-order valence-corrected chi connectivity index (χ1v) is 7.26. The van der Waals surface area contributed by atoms with Gasteiger partial charge in [-0.3, -0.25) is 0 Å². The van der Waals surface area contributed by atoms with Gasteiger partial charge in [0.2, 0.25) is 0 Å². The highest BCUT2D eigenvalue weighted by Crippen LogP contribution is 2.30. The normalized spacial score (nSPS) is 13.9. The van der Waals surface area contributed by atoms with Gasteiger partial charge in [-0.05, 0) is 35.9 Å². The van der Waals surface area contributed by atoms with E-state index >= 15 is 0 Å². The van der Waals surface area contributed by atoms with Crippen molar-refractivity contribution >= 4 is 11.6 Å². The molecule has 0 aliphatic rings. The van der Waals surface area contributed by atoms with Gasteiger partial charge in [-0.2, -0.15) is 0 Å². The van der Waals surface area contributed by atoms with Crippen molar-refractivity contribution in [3.63, 3.8) is 0 Å². The minimum absolute atomic E-state index is 0.122. The van der Waals surface area contributed by atoms with Crippen molar-refractivity contribution in [1.82, 2.24) is 5.32 Å².